The molecule has 6 nitrogen and oxygen atoms in total. The van der Waals surface area contributed by atoms with Gasteiger partial charge in [-0.1, -0.05) is 43.4 Å². The van der Waals surface area contributed by atoms with Gasteiger partial charge in [-0.2, -0.15) is 0 Å². The van der Waals surface area contributed by atoms with Crippen molar-refractivity contribution < 1.29 is 9.53 Å². The van der Waals surface area contributed by atoms with Crippen molar-refractivity contribution in [2.75, 3.05) is 11.9 Å². The molecule has 0 spiro atoms. The number of nitrogens with one attached hydrogen (secondary N) is 1. The van der Waals surface area contributed by atoms with Gasteiger partial charge in [0.2, 0.25) is 0 Å². The Kier molecular flexibility index (Phi) is 9.53. The van der Waals surface area contributed by atoms with Crippen molar-refractivity contribution >= 4 is 23.4 Å². The van der Waals surface area contributed by atoms with Gasteiger partial charge in [-0.15, -0.1) is 0 Å². The third kappa shape index (κ3) is 7.76. The number of pyridine rings is 1. The van der Waals surface area contributed by atoms with Crippen LogP contribution in [-0.4, -0.2) is 33.6 Å². The van der Waals surface area contributed by atoms with Crippen LogP contribution in [-0.2, 0) is 28.8 Å². The fourth-order valence-corrected chi connectivity index (χ4v) is 4.18. The molecular formula is C24H33ClN4O2. The molecule has 7 heteroatoms. The van der Waals surface area contributed by atoms with E-state index in [9.17, 15) is 4.79 Å². The zero-order chi connectivity index (χ0) is 21.9. The Morgan fingerprint density at radius 1 is 1.13 bits per heavy atom. The minimum atomic E-state index is -0.425. The summed E-state index contributed by atoms with van der Waals surface area (Å²) >= 11 is 5.91. The Morgan fingerprint density at radius 3 is 2.77 bits per heavy atom. The minimum Gasteiger partial charge on any atom is -0.464 e. The van der Waals surface area contributed by atoms with E-state index >= 15 is 0 Å². The smallest absolute Gasteiger partial charge is 0.328 e. The fraction of sp³-hybridized carbons (Fsp3) is 0.583. The summed E-state index contributed by atoms with van der Waals surface area (Å²) in [5, 5.41) is 3.48. The maximum absolute atomic E-state index is 12.3. The monoisotopic (exact) mass is 444 g/mol. The van der Waals surface area contributed by atoms with Crippen molar-refractivity contribution in [1.82, 2.24) is 15.0 Å². The molecule has 0 radical (unpaired) electrons. The maximum Gasteiger partial charge on any atom is 0.328 e. The molecule has 2 aromatic heterocycles. The summed E-state index contributed by atoms with van der Waals surface area (Å²) in [4.78, 5) is 25.2. The summed E-state index contributed by atoms with van der Waals surface area (Å²) in [5.41, 5.74) is 4.01. The molecule has 0 unspecified atom stereocenters. The van der Waals surface area contributed by atoms with Gasteiger partial charge < -0.3 is 10.1 Å². The molecule has 2 aromatic rings. The number of ether oxygens (including phenoxy) is 1. The van der Waals surface area contributed by atoms with Crippen LogP contribution in [0, 0.1) is 0 Å². The number of esters is 1. The van der Waals surface area contributed by atoms with Crippen LogP contribution >= 0.6 is 11.6 Å². The molecule has 3 rings (SSSR count). The third-order valence-corrected chi connectivity index (χ3v) is 5.90. The summed E-state index contributed by atoms with van der Waals surface area (Å²) < 4.78 is 5.21. The first-order valence-electron chi connectivity index (χ1n) is 11.5. The number of hydrogen-bond donors (Lipinski definition) is 1. The van der Waals surface area contributed by atoms with E-state index in [2.05, 4.69) is 27.4 Å². The molecule has 1 aliphatic carbocycles. The fourth-order valence-electron chi connectivity index (χ4n) is 4.03. The molecule has 168 valence electrons. The third-order valence-electron chi connectivity index (χ3n) is 5.69. The van der Waals surface area contributed by atoms with Crippen LogP contribution in [0.15, 0.2) is 24.5 Å². The summed E-state index contributed by atoms with van der Waals surface area (Å²) in [5.74, 6) is 0.284. The molecule has 0 bridgehead atoms. The number of aromatic nitrogens is 3. The highest BCUT2D eigenvalue weighted by Gasteiger charge is 2.20. The molecule has 0 aliphatic heterocycles. The van der Waals surface area contributed by atoms with Crippen molar-refractivity contribution in [3.63, 3.8) is 0 Å². The number of nitrogens with zero attached hydrogens (tertiary/aromatic N) is 3. The Hall–Kier alpha value is -2.21. The van der Waals surface area contributed by atoms with Gasteiger partial charge in [0.25, 0.3) is 0 Å². The van der Waals surface area contributed by atoms with Gasteiger partial charge in [0, 0.05) is 17.5 Å². The molecule has 0 saturated heterocycles. The van der Waals surface area contributed by atoms with Gasteiger partial charge in [0.15, 0.2) is 0 Å². The van der Waals surface area contributed by atoms with E-state index in [1.807, 2.05) is 6.92 Å². The standard InChI is InChI=1S/C24H33ClN4O2/c1-2-31-24(30)21(29-23-16-22(25)26-17-27-23)13-7-5-3-4-6-11-19-15-14-18-10-8-9-12-20(18)28-19/h14-17,21H,2-13H2,1H3,(H,26,27,29)/t21-/m0/s1. The minimum absolute atomic E-state index is 0.254. The Balaban J connectivity index is 1.36. The first kappa shape index (κ1) is 23.5. The predicted molar refractivity (Wildman–Crippen MR) is 123 cm³/mol. The van der Waals surface area contributed by atoms with Crippen molar-refractivity contribution in [2.45, 2.75) is 83.6 Å². The summed E-state index contributed by atoms with van der Waals surface area (Å²) in [7, 11) is 0. The lowest BCUT2D eigenvalue weighted by Crippen LogP contribution is -2.31. The van der Waals surface area contributed by atoms with Gasteiger partial charge in [-0.25, -0.2) is 14.8 Å². The highest BCUT2D eigenvalue weighted by molar-refractivity contribution is 6.29. The molecule has 0 aromatic carbocycles. The molecule has 1 atom stereocenters. The number of aryl methyl sites for hydroxylation is 3. The zero-order valence-corrected chi connectivity index (χ0v) is 19.2. The van der Waals surface area contributed by atoms with Crippen molar-refractivity contribution in [2.24, 2.45) is 0 Å². The normalized spacial score (nSPS) is 14.0. The number of halogens is 1. The summed E-state index contributed by atoms with van der Waals surface area (Å²) in [6.07, 6.45) is 13.6. The molecular weight excluding hydrogens is 412 g/mol. The van der Waals surface area contributed by atoms with Gasteiger partial charge in [-0.05, 0) is 63.5 Å². The lowest BCUT2D eigenvalue weighted by Gasteiger charge is -2.17. The zero-order valence-electron chi connectivity index (χ0n) is 18.4. The lowest BCUT2D eigenvalue weighted by atomic mass is 9.95. The second-order valence-corrected chi connectivity index (χ2v) is 8.48. The molecule has 0 saturated carbocycles. The van der Waals surface area contributed by atoms with Crippen LogP contribution in [0.3, 0.4) is 0 Å². The number of carbonyl (C=O) groups is 1. The van der Waals surface area contributed by atoms with Gasteiger partial charge in [-0.3, -0.25) is 4.98 Å². The van der Waals surface area contributed by atoms with Crippen LogP contribution < -0.4 is 5.32 Å². The van der Waals surface area contributed by atoms with Crippen molar-refractivity contribution in [1.29, 1.82) is 0 Å². The van der Waals surface area contributed by atoms with Crippen molar-refractivity contribution in [3.8, 4) is 0 Å². The summed E-state index contributed by atoms with van der Waals surface area (Å²) in [6.45, 7) is 2.17. The first-order chi connectivity index (χ1) is 15.2. The Morgan fingerprint density at radius 2 is 1.94 bits per heavy atom. The van der Waals surface area contributed by atoms with Gasteiger partial charge >= 0.3 is 5.97 Å². The van der Waals surface area contributed by atoms with E-state index in [4.69, 9.17) is 21.3 Å². The molecule has 0 amide bonds. The summed E-state index contributed by atoms with van der Waals surface area (Å²) in [6, 6.07) is 5.68. The Bertz CT molecular complexity index is 846. The number of anilines is 1. The topological polar surface area (TPSA) is 77.0 Å². The van der Waals surface area contributed by atoms with Crippen LogP contribution in [0.25, 0.3) is 0 Å². The van der Waals surface area contributed by atoms with E-state index in [1.165, 1.54) is 49.0 Å². The first-order valence-corrected chi connectivity index (χ1v) is 11.9. The van der Waals surface area contributed by atoms with Crippen LogP contribution in [0.1, 0.15) is 75.2 Å². The number of hydrogen-bond acceptors (Lipinski definition) is 6. The van der Waals surface area contributed by atoms with Crippen LogP contribution in [0.5, 0.6) is 0 Å². The molecule has 1 aliphatic rings. The van der Waals surface area contributed by atoms with E-state index in [0.29, 0.717) is 24.0 Å². The van der Waals surface area contributed by atoms with Crippen LogP contribution in [0.2, 0.25) is 5.15 Å². The average molecular weight is 445 g/mol. The van der Waals surface area contributed by atoms with Crippen LogP contribution in [0.4, 0.5) is 5.82 Å². The second-order valence-electron chi connectivity index (χ2n) is 8.10. The largest absolute Gasteiger partial charge is 0.464 e. The maximum atomic E-state index is 12.3. The van der Waals surface area contributed by atoms with E-state index in [-0.39, 0.29) is 5.97 Å². The average Bonchev–Trinajstić information content (AvgIpc) is 2.77. The predicted octanol–water partition coefficient (Wildman–Crippen LogP) is 5.33. The van der Waals surface area contributed by atoms with Crippen molar-refractivity contribution in [3.05, 3.63) is 46.6 Å². The Labute approximate surface area is 190 Å². The molecule has 1 N–H and O–H groups in total. The lowest BCUT2D eigenvalue weighted by molar-refractivity contribution is -0.144. The van der Waals surface area contributed by atoms with E-state index in [0.717, 1.165) is 38.5 Å². The number of carbonyl (C=O) groups excluding carboxylic acids is 1. The number of rotatable bonds is 12. The molecule has 0 fully saturated rings. The molecule has 2 heterocycles. The number of unbranched alkanes of at least 4 members (excludes halogenated alkanes) is 4. The van der Waals surface area contributed by atoms with Gasteiger partial charge in [0.05, 0.1) is 6.61 Å². The highest BCUT2D eigenvalue weighted by Crippen LogP contribution is 2.20. The van der Waals surface area contributed by atoms with Gasteiger partial charge in [0.1, 0.15) is 23.3 Å². The highest BCUT2D eigenvalue weighted by atomic mass is 35.5. The quantitative estimate of drug-likeness (QED) is 0.271. The number of fused-ring (bicyclic) bond motifs is 1. The van der Waals surface area contributed by atoms with E-state index in [1.54, 1.807) is 6.07 Å². The SMILES string of the molecule is CCOC(=O)[C@H](CCCCCCCc1ccc2c(n1)CCCC2)Nc1cc(Cl)ncn1. The molecule has 31 heavy (non-hydrogen) atoms. The second kappa shape index (κ2) is 12.6. The van der Waals surface area contributed by atoms with E-state index < -0.39 is 6.04 Å².